The van der Waals surface area contributed by atoms with Gasteiger partial charge >= 0.3 is 0 Å². The summed E-state index contributed by atoms with van der Waals surface area (Å²) in [7, 11) is 0. The maximum atomic E-state index is 9.69. The van der Waals surface area contributed by atoms with E-state index in [4.69, 9.17) is 0 Å². The Balaban J connectivity index is 2.54. The molecule has 1 aliphatic rings. The number of hydrogen-bond donors (Lipinski definition) is 1. The summed E-state index contributed by atoms with van der Waals surface area (Å²) in [6.07, 6.45) is 5.03. The Morgan fingerprint density at radius 3 is 2.64 bits per heavy atom. The first-order valence-electron chi connectivity index (χ1n) is 4.37. The zero-order valence-electron chi connectivity index (χ0n) is 7.51. The van der Waals surface area contributed by atoms with E-state index in [-0.39, 0.29) is 11.5 Å². The largest absolute Gasteiger partial charge is 0.393 e. The van der Waals surface area contributed by atoms with Crippen molar-refractivity contribution in [1.82, 2.24) is 0 Å². The average molecular weight is 154 g/mol. The molecular weight excluding hydrogens is 136 g/mol. The molecule has 0 aromatic heterocycles. The van der Waals surface area contributed by atoms with Gasteiger partial charge in [0.1, 0.15) is 0 Å². The van der Waals surface area contributed by atoms with Gasteiger partial charge in [0.25, 0.3) is 0 Å². The fourth-order valence-electron chi connectivity index (χ4n) is 1.66. The molecule has 1 rings (SSSR count). The highest BCUT2D eigenvalue weighted by molar-refractivity contribution is 4.92. The minimum Gasteiger partial charge on any atom is -0.393 e. The van der Waals surface area contributed by atoms with E-state index in [1.165, 1.54) is 6.42 Å². The molecule has 0 amide bonds. The molecule has 0 saturated heterocycles. The van der Waals surface area contributed by atoms with Crippen molar-refractivity contribution in [2.45, 2.75) is 39.2 Å². The van der Waals surface area contributed by atoms with Gasteiger partial charge in [-0.05, 0) is 30.6 Å². The molecule has 0 heterocycles. The van der Waals surface area contributed by atoms with E-state index in [1.807, 2.05) is 6.08 Å². The molecule has 0 bridgehead atoms. The topological polar surface area (TPSA) is 20.2 Å². The Labute approximate surface area is 69.1 Å². The lowest BCUT2D eigenvalue weighted by atomic mass is 9.71. The predicted molar refractivity (Wildman–Crippen MR) is 47.3 cm³/mol. The highest BCUT2D eigenvalue weighted by Crippen LogP contribution is 2.38. The van der Waals surface area contributed by atoms with Gasteiger partial charge < -0.3 is 5.11 Å². The molecule has 1 saturated carbocycles. The summed E-state index contributed by atoms with van der Waals surface area (Å²) in [5, 5.41) is 9.69. The lowest BCUT2D eigenvalue weighted by Gasteiger charge is -2.38. The summed E-state index contributed by atoms with van der Waals surface area (Å²) >= 11 is 0. The summed E-state index contributed by atoms with van der Waals surface area (Å²) in [6.45, 7) is 8.03. The molecule has 1 fully saturated rings. The molecule has 0 radical (unpaired) electrons. The lowest BCUT2D eigenvalue weighted by molar-refractivity contribution is 0.000282. The smallest absolute Gasteiger partial charge is 0.0596 e. The van der Waals surface area contributed by atoms with Gasteiger partial charge in [0.2, 0.25) is 0 Å². The molecule has 0 aromatic carbocycles. The van der Waals surface area contributed by atoms with Crippen molar-refractivity contribution in [2.75, 3.05) is 0 Å². The molecule has 2 unspecified atom stereocenters. The zero-order chi connectivity index (χ0) is 8.48. The van der Waals surface area contributed by atoms with Gasteiger partial charge in [-0.25, -0.2) is 0 Å². The minimum atomic E-state index is -0.140. The number of aliphatic hydroxyl groups is 1. The van der Waals surface area contributed by atoms with Crippen molar-refractivity contribution in [2.24, 2.45) is 11.3 Å². The van der Waals surface area contributed by atoms with Crippen LogP contribution in [0.2, 0.25) is 0 Å². The third-order valence-corrected chi connectivity index (χ3v) is 2.92. The Bertz CT molecular complexity index is 149. The third-order valence-electron chi connectivity index (χ3n) is 2.92. The normalized spacial score (nSPS) is 36.6. The molecule has 0 aliphatic heterocycles. The van der Waals surface area contributed by atoms with Crippen LogP contribution in [0, 0.1) is 11.3 Å². The fraction of sp³-hybridized carbons (Fsp3) is 0.800. The van der Waals surface area contributed by atoms with Gasteiger partial charge in [-0.15, -0.1) is 6.58 Å². The van der Waals surface area contributed by atoms with Gasteiger partial charge in [-0.3, -0.25) is 0 Å². The van der Waals surface area contributed by atoms with Crippen molar-refractivity contribution < 1.29 is 5.11 Å². The Hall–Kier alpha value is -0.300. The van der Waals surface area contributed by atoms with Gasteiger partial charge in [0, 0.05) is 0 Å². The Morgan fingerprint density at radius 1 is 1.55 bits per heavy atom. The van der Waals surface area contributed by atoms with E-state index in [2.05, 4.69) is 20.4 Å². The molecule has 1 N–H and O–H groups in total. The van der Waals surface area contributed by atoms with Crippen LogP contribution in [-0.4, -0.2) is 11.2 Å². The highest BCUT2D eigenvalue weighted by Gasteiger charge is 2.33. The van der Waals surface area contributed by atoms with Crippen LogP contribution in [0.25, 0.3) is 0 Å². The third kappa shape index (κ3) is 1.84. The number of aliphatic hydroxyl groups excluding tert-OH is 1. The van der Waals surface area contributed by atoms with Crippen molar-refractivity contribution >= 4 is 0 Å². The first-order chi connectivity index (χ1) is 5.06. The van der Waals surface area contributed by atoms with Crippen LogP contribution in [0.5, 0.6) is 0 Å². The van der Waals surface area contributed by atoms with Crippen molar-refractivity contribution in [3.63, 3.8) is 0 Å². The minimum absolute atomic E-state index is 0.125. The van der Waals surface area contributed by atoms with E-state index in [0.29, 0.717) is 5.92 Å². The SMILES string of the molecule is C=CC1CCC(C)(C)C(O)C1. The number of hydrogen-bond acceptors (Lipinski definition) is 1. The lowest BCUT2D eigenvalue weighted by Crippen LogP contribution is -2.35. The van der Waals surface area contributed by atoms with Gasteiger partial charge in [0.05, 0.1) is 6.10 Å². The second-order valence-corrected chi connectivity index (χ2v) is 4.27. The second kappa shape index (κ2) is 2.98. The van der Waals surface area contributed by atoms with Crippen LogP contribution in [0.3, 0.4) is 0 Å². The van der Waals surface area contributed by atoms with E-state index >= 15 is 0 Å². The Morgan fingerprint density at radius 2 is 2.18 bits per heavy atom. The van der Waals surface area contributed by atoms with Crippen LogP contribution < -0.4 is 0 Å². The standard InChI is InChI=1S/C10H18O/c1-4-8-5-6-10(2,3)9(11)7-8/h4,8-9,11H,1,5-7H2,2-3H3. The Kier molecular flexibility index (Phi) is 2.38. The summed E-state index contributed by atoms with van der Waals surface area (Å²) < 4.78 is 0. The maximum absolute atomic E-state index is 9.69. The van der Waals surface area contributed by atoms with E-state index in [9.17, 15) is 5.11 Å². The first-order valence-corrected chi connectivity index (χ1v) is 4.37. The first kappa shape index (κ1) is 8.79. The zero-order valence-corrected chi connectivity index (χ0v) is 7.51. The van der Waals surface area contributed by atoms with E-state index in [1.54, 1.807) is 0 Å². The summed E-state index contributed by atoms with van der Waals surface area (Å²) in [6, 6.07) is 0. The molecule has 1 nitrogen and oxygen atoms in total. The quantitative estimate of drug-likeness (QED) is 0.575. The molecule has 1 heteroatoms. The highest BCUT2D eigenvalue weighted by atomic mass is 16.3. The van der Waals surface area contributed by atoms with Gasteiger partial charge in [-0.1, -0.05) is 19.9 Å². The molecule has 64 valence electrons. The van der Waals surface area contributed by atoms with Crippen molar-refractivity contribution in [1.29, 1.82) is 0 Å². The van der Waals surface area contributed by atoms with E-state index in [0.717, 1.165) is 12.8 Å². The van der Waals surface area contributed by atoms with Gasteiger partial charge in [-0.2, -0.15) is 0 Å². The molecule has 11 heavy (non-hydrogen) atoms. The van der Waals surface area contributed by atoms with Crippen LogP contribution >= 0.6 is 0 Å². The molecule has 1 aliphatic carbocycles. The van der Waals surface area contributed by atoms with Crippen LogP contribution in [0.15, 0.2) is 12.7 Å². The number of rotatable bonds is 1. The predicted octanol–water partition coefficient (Wildman–Crippen LogP) is 2.36. The number of allylic oxidation sites excluding steroid dienone is 1. The summed E-state index contributed by atoms with van der Waals surface area (Å²) in [5.41, 5.74) is 0.125. The molecular formula is C10H18O. The monoisotopic (exact) mass is 154 g/mol. The maximum Gasteiger partial charge on any atom is 0.0596 e. The van der Waals surface area contributed by atoms with Crippen molar-refractivity contribution in [3.05, 3.63) is 12.7 Å². The van der Waals surface area contributed by atoms with Gasteiger partial charge in [0.15, 0.2) is 0 Å². The molecule has 2 atom stereocenters. The summed E-state index contributed by atoms with van der Waals surface area (Å²) in [5.74, 6) is 0.540. The molecule has 0 spiro atoms. The van der Waals surface area contributed by atoms with E-state index < -0.39 is 0 Å². The van der Waals surface area contributed by atoms with Crippen LogP contribution in [0.1, 0.15) is 33.1 Å². The summed E-state index contributed by atoms with van der Waals surface area (Å²) in [4.78, 5) is 0. The molecule has 0 aromatic rings. The second-order valence-electron chi connectivity index (χ2n) is 4.27. The van der Waals surface area contributed by atoms with Crippen LogP contribution in [0.4, 0.5) is 0 Å². The fourth-order valence-corrected chi connectivity index (χ4v) is 1.66. The average Bonchev–Trinajstić information content (AvgIpc) is 1.95. The van der Waals surface area contributed by atoms with Crippen molar-refractivity contribution in [3.8, 4) is 0 Å². The van der Waals surface area contributed by atoms with Crippen LogP contribution in [-0.2, 0) is 0 Å².